The first-order chi connectivity index (χ1) is 10.1. The maximum atomic E-state index is 11.1. The standard InChI is InChI=1S/C16H17NO4/c1-20-12-7-8-13(15(17)16(18)19)14(9-12)21-10-11-5-3-2-4-6-11/h2-9,15H,10,17H2,1H3,(H,18,19)/t15-/m0/s1. The van der Waals surface area contributed by atoms with Crippen LogP contribution in [0.1, 0.15) is 17.2 Å². The van der Waals surface area contributed by atoms with Crippen LogP contribution in [0.4, 0.5) is 0 Å². The molecule has 0 heterocycles. The van der Waals surface area contributed by atoms with E-state index >= 15 is 0 Å². The van der Waals surface area contributed by atoms with Crippen molar-refractivity contribution in [1.82, 2.24) is 0 Å². The summed E-state index contributed by atoms with van der Waals surface area (Å²) in [5.41, 5.74) is 7.08. The van der Waals surface area contributed by atoms with Crippen molar-refractivity contribution in [3.8, 4) is 11.5 Å². The monoisotopic (exact) mass is 287 g/mol. The molecular weight excluding hydrogens is 270 g/mol. The highest BCUT2D eigenvalue weighted by Crippen LogP contribution is 2.29. The minimum Gasteiger partial charge on any atom is -0.497 e. The first kappa shape index (κ1) is 14.9. The van der Waals surface area contributed by atoms with Gasteiger partial charge in [0.2, 0.25) is 0 Å². The lowest BCUT2D eigenvalue weighted by Gasteiger charge is -2.15. The number of carboxylic acid groups (broad SMARTS) is 1. The van der Waals surface area contributed by atoms with E-state index in [1.807, 2.05) is 30.3 Å². The van der Waals surface area contributed by atoms with E-state index in [0.29, 0.717) is 23.7 Å². The first-order valence-electron chi connectivity index (χ1n) is 6.45. The Balaban J connectivity index is 2.24. The summed E-state index contributed by atoms with van der Waals surface area (Å²) in [7, 11) is 1.53. The second-order valence-electron chi connectivity index (χ2n) is 4.49. The second kappa shape index (κ2) is 6.76. The Morgan fingerprint density at radius 1 is 1.24 bits per heavy atom. The van der Waals surface area contributed by atoms with Crippen molar-refractivity contribution >= 4 is 5.97 Å². The topological polar surface area (TPSA) is 81.8 Å². The molecule has 0 saturated carbocycles. The molecule has 2 aromatic rings. The van der Waals surface area contributed by atoms with E-state index < -0.39 is 12.0 Å². The molecule has 0 radical (unpaired) electrons. The van der Waals surface area contributed by atoms with Crippen LogP contribution in [0.5, 0.6) is 11.5 Å². The molecule has 0 bridgehead atoms. The third kappa shape index (κ3) is 3.73. The lowest BCUT2D eigenvalue weighted by molar-refractivity contribution is -0.138. The number of carbonyl (C=O) groups is 1. The van der Waals surface area contributed by atoms with Crippen LogP contribution >= 0.6 is 0 Å². The van der Waals surface area contributed by atoms with Gasteiger partial charge in [-0.1, -0.05) is 30.3 Å². The summed E-state index contributed by atoms with van der Waals surface area (Å²) < 4.78 is 10.8. The number of nitrogens with two attached hydrogens (primary N) is 1. The molecular formula is C16H17NO4. The minimum atomic E-state index is -1.14. The molecule has 0 aliphatic heterocycles. The van der Waals surface area contributed by atoms with Crippen molar-refractivity contribution in [2.45, 2.75) is 12.6 Å². The third-order valence-electron chi connectivity index (χ3n) is 3.06. The highest BCUT2D eigenvalue weighted by atomic mass is 16.5. The fourth-order valence-electron chi connectivity index (χ4n) is 1.89. The lowest BCUT2D eigenvalue weighted by Crippen LogP contribution is -2.21. The summed E-state index contributed by atoms with van der Waals surface area (Å²) >= 11 is 0. The number of aliphatic carboxylic acids is 1. The Hall–Kier alpha value is -2.53. The minimum absolute atomic E-state index is 0.327. The Bertz CT molecular complexity index is 613. The predicted octanol–water partition coefficient (Wildman–Crippen LogP) is 2.36. The van der Waals surface area contributed by atoms with Crippen LogP contribution in [-0.4, -0.2) is 18.2 Å². The largest absolute Gasteiger partial charge is 0.497 e. The molecule has 0 amide bonds. The average Bonchev–Trinajstić information content (AvgIpc) is 2.52. The summed E-state index contributed by atoms with van der Waals surface area (Å²) in [6, 6.07) is 13.4. The molecule has 0 spiro atoms. The van der Waals surface area contributed by atoms with E-state index in [-0.39, 0.29) is 0 Å². The van der Waals surface area contributed by atoms with E-state index in [1.54, 1.807) is 18.2 Å². The number of benzene rings is 2. The van der Waals surface area contributed by atoms with Gasteiger partial charge in [-0.3, -0.25) is 4.79 Å². The molecule has 2 aromatic carbocycles. The van der Waals surface area contributed by atoms with Crippen molar-refractivity contribution in [3.63, 3.8) is 0 Å². The van der Waals surface area contributed by atoms with Gasteiger partial charge in [0, 0.05) is 11.6 Å². The van der Waals surface area contributed by atoms with E-state index in [9.17, 15) is 4.79 Å². The molecule has 0 aromatic heterocycles. The fraction of sp³-hybridized carbons (Fsp3) is 0.188. The SMILES string of the molecule is COc1ccc([C@H](N)C(=O)O)c(OCc2ccccc2)c1. The van der Waals surface area contributed by atoms with Gasteiger partial charge in [-0.05, 0) is 17.7 Å². The Labute approximate surface area is 122 Å². The van der Waals surface area contributed by atoms with E-state index in [0.717, 1.165) is 5.56 Å². The molecule has 0 unspecified atom stereocenters. The Morgan fingerprint density at radius 3 is 2.57 bits per heavy atom. The summed E-state index contributed by atoms with van der Waals surface area (Å²) in [6.07, 6.45) is 0. The van der Waals surface area contributed by atoms with Crippen molar-refractivity contribution in [2.75, 3.05) is 7.11 Å². The molecule has 5 nitrogen and oxygen atoms in total. The predicted molar refractivity (Wildman–Crippen MR) is 78.3 cm³/mol. The molecule has 3 N–H and O–H groups in total. The van der Waals surface area contributed by atoms with Gasteiger partial charge in [-0.15, -0.1) is 0 Å². The number of hydrogen-bond acceptors (Lipinski definition) is 4. The molecule has 0 saturated heterocycles. The number of methoxy groups -OCH3 is 1. The zero-order valence-corrected chi connectivity index (χ0v) is 11.7. The third-order valence-corrected chi connectivity index (χ3v) is 3.06. The smallest absolute Gasteiger partial charge is 0.325 e. The highest BCUT2D eigenvalue weighted by molar-refractivity contribution is 5.76. The molecule has 2 rings (SSSR count). The van der Waals surface area contributed by atoms with Crippen LogP contribution in [0.15, 0.2) is 48.5 Å². The molecule has 1 atom stereocenters. The highest BCUT2D eigenvalue weighted by Gasteiger charge is 2.19. The van der Waals surface area contributed by atoms with Gasteiger partial charge in [0.1, 0.15) is 24.1 Å². The van der Waals surface area contributed by atoms with Crippen molar-refractivity contribution in [1.29, 1.82) is 0 Å². The van der Waals surface area contributed by atoms with Crippen LogP contribution in [0.2, 0.25) is 0 Å². The summed E-state index contributed by atoms with van der Waals surface area (Å²) in [6.45, 7) is 0.327. The lowest BCUT2D eigenvalue weighted by atomic mass is 10.1. The van der Waals surface area contributed by atoms with Gasteiger partial charge < -0.3 is 20.3 Å². The van der Waals surface area contributed by atoms with E-state index in [1.165, 1.54) is 7.11 Å². The van der Waals surface area contributed by atoms with Crippen LogP contribution in [0.3, 0.4) is 0 Å². The quantitative estimate of drug-likeness (QED) is 0.852. The average molecular weight is 287 g/mol. The zero-order chi connectivity index (χ0) is 15.2. The zero-order valence-electron chi connectivity index (χ0n) is 11.7. The first-order valence-corrected chi connectivity index (χ1v) is 6.45. The molecule has 5 heteroatoms. The van der Waals surface area contributed by atoms with Gasteiger partial charge in [0.05, 0.1) is 7.11 Å². The van der Waals surface area contributed by atoms with Crippen molar-refractivity contribution in [2.24, 2.45) is 5.73 Å². The van der Waals surface area contributed by atoms with Gasteiger partial charge in [0.25, 0.3) is 0 Å². The molecule has 110 valence electrons. The van der Waals surface area contributed by atoms with Gasteiger partial charge in [-0.2, -0.15) is 0 Å². The number of ether oxygens (including phenoxy) is 2. The molecule has 0 fully saturated rings. The van der Waals surface area contributed by atoms with Crippen molar-refractivity contribution < 1.29 is 19.4 Å². The maximum absolute atomic E-state index is 11.1. The van der Waals surface area contributed by atoms with Gasteiger partial charge >= 0.3 is 5.97 Å². The Morgan fingerprint density at radius 2 is 1.95 bits per heavy atom. The Kier molecular flexibility index (Phi) is 4.79. The molecule has 0 aliphatic carbocycles. The summed E-state index contributed by atoms with van der Waals surface area (Å²) in [5, 5.41) is 9.06. The van der Waals surface area contributed by atoms with Crippen LogP contribution in [-0.2, 0) is 11.4 Å². The van der Waals surface area contributed by atoms with Gasteiger partial charge in [0.15, 0.2) is 0 Å². The van der Waals surface area contributed by atoms with Crippen LogP contribution < -0.4 is 15.2 Å². The molecule has 0 aliphatic rings. The fourth-order valence-corrected chi connectivity index (χ4v) is 1.89. The number of rotatable bonds is 6. The van der Waals surface area contributed by atoms with Crippen LogP contribution in [0, 0.1) is 0 Å². The van der Waals surface area contributed by atoms with Crippen molar-refractivity contribution in [3.05, 3.63) is 59.7 Å². The summed E-state index contributed by atoms with van der Waals surface area (Å²) in [4.78, 5) is 11.1. The number of hydrogen-bond donors (Lipinski definition) is 2. The number of carboxylic acids is 1. The molecule has 21 heavy (non-hydrogen) atoms. The second-order valence-corrected chi connectivity index (χ2v) is 4.49. The van der Waals surface area contributed by atoms with E-state index in [2.05, 4.69) is 0 Å². The maximum Gasteiger partial charge on any atom is 0.325 e. The normalized spacial score (nSPS) is 11.7. The van der Waals surface area contributed by atoms with Gasteiger partial charge in [-0.25, -0.2) is 0 Å². The van der Waals surface area contributed by atoms with Crippen LogP contribution in [0.25, 0.3) is 0 Å². The van der Waals surface area contributed by atoms with E-state index in [4.69, 9.17) is 20.3 Å². The summed E-state index contributed by atoms with van der Waals surface area (Å²) in [5.74, 6) is -0.114.